The number of nitrogens with one attached hydrogen (secondary N) is 1. The highest BCUT2D eigenvalue weighted by Gasteiger charge is 2.67. The number of hydrogen-bond acceptors (Lipinski definition) is 3. The van der Waals surface area contributed by atoms with E-state index in [1.54, 1.807) is 0 Å². The van der Waals surface area contributed by atoms with Crippen molar-refractivity contribution in [2.45, 2.75) is 104 Å². The predicted molar refractivity (Wildman–Crippen MR) is 120 cm³/mol. The van der Waals surface area contributed by atoms with Crippen LogP contribution in [0.3, 0.4) is 0 Å². The summed E-state index contributed by atoms with van der Waals surface area (Å²) in [5, 5.41) is 3.79. The Hall–Kier alpha value is -1.06. The first-order valence-electron chi connectivity index (χ1n) is 11.8. The minimum atomic E-state index is -0.193. The van der Waals surface area contributed by atoms with Gasteiger partial charge in [-0.2, -0.15) is 0 Å². The number of ether oxygens (including phenoxy) is 2. The lowest BCUT2D eigenvalue weighted by Gasteiger charge is -2.70. The maximum atomic E-state index is 6.25. The molecule has 1 aromatic rings. The van der Waals surface area contributed by atoms with Gasteiger partial charge in [-0.3, -0.25) is 0 Å². The van der Waals surface area contributed by atoms with E-state index >= 15 is 0 Å². The maximum Gasteiger partial charge on any atom is 0.196 e. The average molecular weight is 400 g/mol. The normalized spacial score (nSPS) is 30.0. The average Bonchev–Trinajstić information content (AvgIpc) is 2.66. The van der Waals surface area contributed by atoms with Crippen LogP contribution in [0.4, 0.5) is 0 Å². The molecule has 1 heterocycles. The molecule has 0 spiro atoms. The third-order valence-electron chi connectivity index (χ3n) is 7.80. The van der Waals surface area contributed by atoms with Crippen LogP contribution in [-0.2, 0) is 15.7 Å². The molecule has 1 saturated heterocycles. The fraction of sp³-hybridized carbons (Fsp3) is 0.769. The third-order valence-corrected chi connectivity index (χ3v) is 7.80. The first kappa shape index (κ1) is 21.2. The van der Waals surface area contributed by atoms with Crippen LogP contribution in [0, 0.1) is 18.3 Å². The van der Waals surface area contributed by atoms with Crippen molar-refractivity contribution in [3.05, 3.63) is 28.8 Å². The second-order valence-electron chi connectivity index (χ2n) is 11.3. The van der Waals surface area contributed by atoms with Gasteiger partial charge in [0.2, 0.25) is 0 Å². The molecule has 162 valence electrons. The lowest BCUT2D eigenvalue weighted by molar-refractivity contribution is -0.0721. The molecule has 4 rings (SSSR count). The van der Waals surface area contributed by atoms with Crippen LogP contribution in [0.2, 0.25) is 0 Å². The lowest BCUT2D eigenvalue weighted by Crippen LogP contribution is -2.79. The van der Waals surface area contributed by atoms with Crippen LogP contribution < -0.4 is 10.1 Å². The third kappa shape index (κ3) is 3.63. The Balaban J connectivity index is 1.40. The van der Waals surface area contributed by atoms with Gasteiger partial charge in [0.05, 0.1) is 12.1 Å². The van der Waals surface area contributed by atoms with Crippen molar-refractivity contribution in [2.75, 3.05) is 13.2 Å². The molecule has 2 aliphatic carbocycles. The largest absolute Gasteiger partial charge is 0.465 e. The molecule has 1 N–H and O–H groups in total. The van der Waals surface area contributed by atoms with Crippen LogP contribution >= 0.6 is 0 Å². The van der Waals surface area contributed by atoms with Crippen LogP contribution in [-0.4, -0.2) is 19.4 Å². The highest BCUT2D eigenvalue weighted by molar-refractivity contribution is 5.64. The quantitative estimate of drug-likeness (QED) is 0.553. The second-order valence-corrected chi connectivity index (χ2v) is 11.3. The summed E-state index contributed by atoms with van der Waals surface area (Å²) in [6.45, 7) is 15.6. The van der Waals surface area contributed by atoms with Gasteiger partial charge >= 0.3 is 0 Å². The fourth-order valence-corrected chi connectivity index (χ4v) is 6.32. The monoisotopic (exact) mass is 399 g/mol. The van der Waals surface area contributed by atoms with E-state index < -0.39 is 0 Å². The van der Waals surface area contributed by atoms with E-state index in [9.17, 15) is 0 Å². The Morgan fingerprint density at radius 2 is 1.90 bits per heavy atom. The molecule has 29 heavy (non-hydrogen) atoms. The molecule has 3 aliphatic rings. The van der Waals surface area contributed by atoms with Gasteiger partial charge in [-0.1, -0.05) is 65.9 Å². The highest BCUT2D eigenvalue weighted by Crippen LogP contribution is 2.65. The molecule has 3 nitrogen and oxygen atoms in total. The van der Waals surface area contributed by atoms with Crippen LogP contribution in [0.1, 0.15) is 96.3 Å². The summed E-state index contributed by atoms with van der Waals surface area (Å²) in [5.74, 6) is 1.85. The molecule has 3 unspecified atom stereocenters. The summed E-state index contributed by atoms with van der Waals surface area (Å²) in [5.41, 5.74) is 4.97. The lowest BCUT2D eigenvalue weighted by atomic mass is 9.43. The molecule has 3 heteroatoms. The van der Waals surface area contributed by atoms with Gasteiger partial charge in [0, 0.05) is 12.0 Å². The Morgan fingerprint density at radius 3 is 2.52 bits per heavy atom. The summed E-state index contributed by atoms with van der Waals surface area (Å²) < 4.78 is 12.3. The van der Waals surface area contributed by atoms with E-state index in [-0.39, 0.29) is 17.2 Å². The number of benzene rings is 1. The van der Waals surface area contributed by atoms with Gasteiger partial charge in [-0.05, 0) is 60.8 Å². The first-order valence-corrected chi connectivity index (χ1v) is 11.8. The Kier molecular flexibility index (Phi) is 5.53. The number of rotatable bonds is 7. The van der Waals surface area contributed by atoms with Crippen molar-refractivity contribution in [3.63, 3.8) is 0 Å². The zero-order valence-electron chi connectivity index (χ0n) is 19.5. The van der Waals surface area contributed by atoms with E-state index in [1.807, 2.05) is 6.92 Å². The van der Waals surface area contributed by atoms with Gasteiger partial charge in [-0.25, -0.2) is 0 Å². The zero-order chi connectivity index (χ0) is 20.9. The molecule has 3 atom stereocenters. The standard InChI is InChI=1S/C26H41NO2/c1-18-22(29-19(2)28-15-14-20-10-8-7-9-11-20)13-12-21-23(18)25(6)17-27-26(21,25)16-24(3,4)5/h12-13,19-20,27H,7-11,14-17H2,1-6H3. The Labute approximate surface area is 177 Å². The summed E-state index contributed by atoms with van der Waals surface area (Å²) in [6.07, 6.45) is 9.13. The predicted octanol–water partition coefficient (Wildman–Crippen LogP) is 6.21. The minimum absolute atomic E-state index is 0.145. The van der Waals surface area contributed by atoms with E-state index in [0.717, 1.165) is 24.8 Å². The van der Waals surface area contributed by atoms with Gasteiger partial charge in [0.1, 0.15) is 5.75 Å². The van der Waals surface area contributed by atoms with Crippen molar-refractivity contribution < 1.29 is 9.47 Å². The maximum absolute atomic E-state index is 6.25. The summed E-state index contributed by atoms with van der Waals surface area (Å²) >= 11 is 0. The van der Waals surface area contributed by atoms with Crippen LogP contribution in [0.5, 0.6) is 5.75 Å². The second kappa shape index (κ2) is 7.57. The fourth-order valence-electron chi connectivity index (χ4n) is 6.32. The highest BCUT2D eigenvalue weighted by atomic mass is 16.7. The number of hydrogen-bond donors (Lipinski definition) is 1. The molecular formula is C26H41NO2. The van der Waals surface area contributed by atoms with Gasteiger partial charge in [0.15, 0.2) is 6.29 Å². The van der Waals surface area contributed by atoms with Gasteiger partial charge in [0.25, 0.3) is 0 Å². The Bertz CT molecular complexity index is 746. The molecule has 2 fully saturated rings. The molecule has 0 aromatic heterocycles. The van der Waals surface area contributed by atoms with Gasteiger partial charge in [-0.15, -0.1) is 0 Å². The van der Waals surface area contributed by atoms with E-state index in [0.29, 0.717) is 5.41 Å². The van der Waals surface area contributed by atoms with Crippen LogP contribution in [0.15, 0.2) is 12.1 Å². The van der Waals surface area contributed by atoms with E-state index in [1.165, 1.54) is 61.6 Å². The summed E-state index contributed by atoms with van der Waals surface area (Å²) in [4.78, 5) is 0. The molecule has 1 saturated carbocycles. The van der Waals surface area contributed by atoms with Crippen molar-refractivity contribution in [1.82, 2.24) is 5.32 Å². The minimum Gasteiger partial charge on any atom is -0.465 e. The Morgan fingerprint density at radius 1 is 1.17 bits per heavy atom. The zero-order valence-corrected chi connectivity index (χ0v) is 19.5. The molecule has 0 amide bonds. The molecule has 1 aromatic carbocycles. The smallest absolute Gasteiger partial charge is 0.196 e. The van der Waals surface area contributed by atoms with Gasteiger partial charge < -0.3 is 14.8 Å². The molecule has 0 bridgehead atoms. The van der Waals surface area contributed by atoms with Crippen LogP contribution in [0.25, 0.3) is 0 Å². The van der Waals surface area contributed by atoms with E-state index in [4.69, 9.17) is 9.47 Å². The SMILES string of the molecule is Cc1c(OC(C)OCCC2CCCCC2)ccc2c1C1(C)CNC21CC(C)(C)C. The van der Waals surface area contributed by atoms with E-state index in [2.05, 4.69) is 52.1 Å². The summed E-state index contributed by atoms with van der Waals surface area (Å²) in [6, 6.07) is 4.46. The van der Waals surface area contributed by atoms with Crippen molar-refractivity contribution >= 4 is 0 Å². The molecule has 1 aliphatic heterocycles. The molecular weight excluding hydrogens is 358 g/mol. The van der Waals surface area contributed by atoms with Crippen molar-refractivity contribution in [3.8, 4) is 5.75 Å². The van der Waals surface area contributed by atoms with Crippen molar-refractivity contribution in [2.24, 2.45) is 11.3 Å². The number of fused-ring (bicyclic) bond motifs is 4. The first-order chi connectivity index (χ1) is 13.7. The summed E-state index contributed by atoms with van der Waals surface area (Å²) in [7, 11) is 0. The molecule has 0 radical (unpaired) electrons. The topological polar surface area (TPSA) is 30.5 Å². The van der Waals surface area contributed by atoms with Crippen molar-refractivity contribution in [1.29, 1.82) is 0 Å².